The lowest BCUT2D eigenvalue weighted by atomic mass is 9.93. The second-order valence-electron chi connectivity index (χ2n) is 5.47. The molecule has 0 bridgehead atoms. The molecule has 0 fully saturated rings. The summed E-state index contributed by atoms with van der Waals surface area (Å²) < 4.78 is 5.72. The molecule has 3 rings (SSSR count). The largest absolute Gasteiger partial charge is 0.376 e. The lowest BCUT2D eigenvalue weighted by Crippen LogP contribution is -2.06. The Morgan fingerprint density at radius 1 is 1.04 bits per heavy atom. The first-order valence-electron chi connectivity index (χ1n) is 7.92. The van der Waals surface area contributed by atoms with E-state index in [1.807, 2.05) is 24.3 Å². The van der Waals surface area contributed by atoms with Crippen molar-refractivity contribution in [2.24, 2.45) is 0 Å². The van der Waals surface area contributed by atoms with E-state index in [-0.39, 0.29) is 0 Å². The Labute approximate surface area is 141 Å². The molecule has 3 heteroatoms. The number of hydrogen-bond acceptors (Lipinski definition) is 3. The normalized spacial score (nSPS) is 12.3. The fraction of sp³-hybridized carbons (Fsp3) is 0.250. The molecule has 0 amide bonds. The average Bonchev–Trinajstić information content (AvgIpc) is 2.60. The minimum atomic E-state index is 0.374. The smallest absolute Gasteiger partial charge is 0.0978 e. The minimum absolute atomic E-state index is 0.374. The van der Waals surface area contributed by atoms with Crippen LogP contribution >= 0.6 is 11.8 Å². The molecule has 0 N–H and O–H groups in total. The first kappa shape index (κ1) is 15.9. The molecule has 2 aromatic carbocycles. The second kappa shape index (κ2) is 7.50. The van der Waals surface area contributed by atoms with Gasteiger partial charge in [0.25, 0.3) is 0 Å². The second-order valence-corrected chi connectivity index (χ2v) is 6.55. The van der Waals surface area contributed by atoms with Gasteiger partial charge < -0.3 is 4.74 Å². The third-order valence-corrected chi connectivity index (χ3v) is 5.01. The van der Waals surface area contributed by atoms with Crippen LogP contribution in [0.5, 0.6) is 0 Å². The molecular weight excluding hydrogens is 302 g/mol. The Morgan fingerprint density at radius 3 is 2.22 bits per heavy atom. The summed E-state index contributed by atoms with van der Waals surface area (Å²) in [5, 5.41) is 9.69. The number of nitriles is 1. The van der Waals surface area contributed by atoms with Crippen LogP contribution in [-0.2, 0) is 4.74 Å². The number of fused-ring (bicyclic) bond motifs is 2. The standard InChI is InChI=1S/C20H19NOS/c1-2-3-12-22-14-15(13-21)20-16-8-4-6-10-18(16)23-19-11-7-5-9-17(19)20/h4-11H,2-3,12,14H2,1H3. The maximum Gasteiger partial charge on any atom is 0.0978 e. The molecule has 2 nitrogen and oxygen atoms in total. The predicted molar refractivity (Wildman–Crippen MR) is 94.4 cm³/mol. The van der Waals surface area contributed by atoms with Crippen molar-refractivity contribution >= 4 is 17.3 Å². The van der Waals surface area contributed by atoms with Gasteiger partial charge in [-0.3, -0.25) is 0 Å². The number of hydrogen-bond donors (Lipinski definition) is 0. The molecule has 0 aliphatic carbocycles. The highest BCUT2D eigenvalue weighted by Gasteiger charge is 2.23. The number of rotatable bonds is 5. The van der Waals surface area contributed by atoms with Crippen LogP contribution in [-0.4, -0.2) is 13.2 Å². The van der Waals surface area contributed by atoms with Crippen molar-refractivity contribution in [3.8, 4) is 6.07 Å². The van der Waals surface area contributed by atoms with Crippen LogP contribution in [0.1, 0.15) is 30.9 Å². The van der Waals surface area contributed by atoms with Crippen molar-refractivity contribution in [1.29, 1.82) is 5.26 Å². The van der Waals surface area contributed by atoms with E-state index in [1.54, 1.807) is 11.8 Å². The molecule has 0 unspecified atom stereocenters. The molecular formula is C20H19NOS. The van der Waals surface area contributed by atoms with Gasteiger partial charge in [0.05, 0.1) is 18.2 Å². The van der Waals surface area contributed by atoms with Crippen molar-refractivity contribution in [2.45, 2.75) is 29.6 Å². The van der Waals surface area contributed by atoms with Crippen LogP contribution < -0.4 is 0 Å². The fourth-order valence-corrected chi connectivity index (χ4v) is 3.78. The van der Waals surface area contributed by atoms with E-state index < -0.39 is 0 Å². The molecule has 1 aliphatic rings. The van der Waals surface area contributed by atoms with Crippen LogP contribution in [0, 0.1) is 11.3 Å². The van der Waals surface area contributed by atoms with Crippen molar-refractivity contribution in [3.05, 3.63) is 65.2 Å². The molecule has 1 heterocycles. The summed E-state index contributed by atoms with van der Waals surface area (Å²) in [5.41, 5.74) is 3.99. The monoisotopic (exact) mass is 321 g/mol. The highest BCUT2D eigenvalue weighted by Crippen LogP contribution is 2.46. The third-order valence-electron chi connectivity index (χ3n) is 3.86. The highest BCUT2D eigenvalue weighted by molar-refractivity contribution is 7.99. The van der Waals surface area contributed by atoms with Gasteiger partial charge in [-0.2, -0.15) is 5.26 Å². The van der Waals surface area contributed by atoms with E-state index >= 15 is 0 Å². The summed E-state index contributed by atoms with van der Waals surface area (Å²) in [6.07, 6.45) is 2.12. The predicted octanol–water partition coefficient (Wildman–Crippen LogP) is 5.29. The van der Waals surface area contributed by atoms with E-state index in [2.05, 4.69) is 37.3 Å². The van der Waals surface area contributed by atoms with Gasteiger partial charge in [0.2, 0.25) is 0 Å². The zero-order chi connectivity index (χ0) is 16.1. The summed E-state index contributed by atoms with van der Waals surface area (Å²) in [4.78, 5) is 2.39. The van der Waals surface area contributed by atoms with Crippen LogP contribution in [0.25, 0.3) is 5.57 Å². The van der Waals surface area contributed by atoms with Gasteiger partial charge in [-0.05, 0) is 29.7 Å². The summed E-state index contributed by atoms with van der Waals surface area (Å²) >= 11 is 1.76. The molecule has 0 saturated heterocycles. The van der Waals surface area contributed by atoms with E-state index in [1.165, 1.54) is 9.79 Å². The molecule has 2 aromatic rings. The molecule has 0 radical (unpaired) electrons. The zero-order valence-electron chi connectivity index (χ0n) is 13.2. The average molecular weight is 321 g/mol. The number of ether oxygens (including phenoxy) is 1. The number of unbranched alkanes of at least 4 members (excludes halogenated alkanes) is 1. The van der Waals surface area contributed by atoms with Gasteiger partial charge in [-0.15, -0.1) is 0 Å². The van der Waals surface area contributed by atoms with Crippen molar-refractivity contribution in [2.75, 3.05) is 13.2 Å². The van der Waals surface area contributed by atoms with Gasteiger partial charge in [-0.25, -0.2) is 0 Å². The molecule has 116 valence electrons. The Hall–Kier alpha value is -2.02. The van der Waals surface area contributed by atoms with Gasteiger partial charge in [0, 0.05) is 22.0 Å². The number of nitrogens with zero attached hydrogens (tertiary/aromatic N) is 1. The molecule has 23 heavy (non-hydrogen) atoms. The highest BCUT2D eigenvalue weighted by atomic mass is 32.2. The first-order valence-corrected chi connectivity index (χ1v) is 8.74. The van der Waals surface area contributed by atoms with Gasteiger partial charge in [0.15, 0.2) is 0 Å². The number of benzene rings is 2. The van der Waals surface area contributed by atoms with Gasteiger partial charge in [0.1, 0.15) is 0 Å². The first-order chi connectivity index (χ1) is 11.3. The minimum Gasteiger partial charge on any atom is -0.376 e. The third kappa shape index (κ3) is 3.34. The van der Waals surface area contributed by atoms with E-state index in [4.69, 9.17) is 4.74 Å². The van der Waals surface area contributed by atoms with Crippen molar-refractivity contribution in [3.63, 3.8) is 0 Å². The Morgan fingerprint density at radius 2 is 1.65 bits per heavy atom. The summed E-state index contributed by atoms with van der Waals surface area (Å²) in [5.74, 6) is 0. The Balaban J connectivity index is 2.06. The molecule has 0 saturated carbocycles. The lowest BCUT2D eigenvalue weighted by Gasteiger charge is -2.23. The van der Waals surface area contributed by atoms with Crippen LogP contribution in [0.3, 0.4) is 0 Å². The maximum absolute atomic E-state index is 9.69. The molecule has 0 spiro atoms. The van der Waals surface area contributed by atoms with E-state index in [9.17, 15) is 5.26 Å². The van der Waals surface area contributed by atoms with Crippen molar-refractivity contribution < 1.29 is 4.74 Å². The van der Waals surface area contributed by atoms with Crippen LogP contribution in [0.4, 0.5) is 0 Å². The van der Waals surface area contributed by atoms with Crippen LogP contribution in [0.15, 0.2) is 63.9 Å². The Kier molecular flexibility index (Phi) is 5.17. The molecule has 0 aromatic heterocycles. The summed E-state index contributed by atoms with van der Waals surface area (Å²) in [7, 11) is 0. The van der Waals surface area contributed by atoms with E-state index in [0.29, 0.717) is 18.8 Å². The van der Waals surface area contributed by atoms with E-state index in [0.717, 1.165) is 29.5 Å². The lowest BCUT2D eigenvalue weighted by molar-refractivity contribution is 0.155. The Bertz CT molecular complexity index is 726. The van der Waals surface area contributed by atoms with Gasteiger partial charge in [-0.1, -0.05) is 61.5 Å². The fourth-order valence-electron chi connectivity index (χ4n) is 2.69. The summed E-state index contributed by atoms with van der Waals surface area (Å²) in [6, 6.07) is 18.9. The quantitative estimate of drug-likeness (QED) is 0.472. The topological polar surface area (TPSA) is 33.0 Å². The van der Waals surface area contributed by atoms with Crippen LogP contribution in [0.2, 0.25) is 0 Å². The molecule has 1 aliphatic heterocycles. The zero-order valence-corrected chi connectivity index (χ0v) is 14.0. The maximum atomic E-state index is 9.69. The molecule has 0 atom stereocenters. The summed E-state index contributed by atoms with van der Waals surface area (Å²) in [6.45, 7) is 3.21. The van der Waals surface area contributed by atoms with Gasteiger partial charge >= 0.3 is 0 Å². The van der Waals surface area contributed by atoms with Crippen molar-refractivity contribution in [1.82, 2.24) is 0 Å². The SMILES string of the molecule is CCCCOCC(C#N)=C1c2ccccc2Sc2ccccc21.